The summed E-state index contributed by atoms with van der Waals surface area (Å²) in [6.07, 6.45) is 0.841. The molecule has 130 valence electrons. The summed E-state index contributed by atoms with van der Waals surface area (Å²) in [6.45, 7) is 0. The number of amides is 1. The second-order valence-electron chi connectivity index (χ2n) is 6.65. The van der Waals surface area contributed by atoms with E-state index in [2.05, 4.69) is 17.4 Å². The molecule has 0 bridgehead atoms. The zero-order valence-corrected chi connectivity index (χ0v) is 14.4. The quantitative estimate of drug-likeness (QED) is 0.471. The van der Waals surface area contributed by atoms with Crippen LogP contribution < -0.4 is 10.9 Å². The van der Waals surface area contributed by atoms with Crippen LogP contribution in [0.5, 0.6) is 0 Å². The molecule has 0 spiro atoms. The first-order chi connectivity index (χ1) is 13.2. The molecule has 1 aromatic heterocycles. The van der Waals surface area contributed by atoms with Crippen LogP contribution in [0.3, 0.4) is 0 Å². The number of carbonyl (C=O) groups excluding carboxylic acids is 1. The summed E-state index contributed by atoms with van der Waals surface area (Å²) in [5, 5.41) is 3.54. The summed E-state index contributed by atoms with van der Waals surface area (Å²) in [6, 6.07) is 22.8. The van der Waals surface area contributed by atoms with Crippen LogP contribution in [0, 0.1) is 0 Å². The fourth-order valence-electron chi connectivity index (χ4n) is 3.64. The Morgan fingerprint density at radius 1 is 0.852 bits per heavy atom. The highest BCUT2D eigenvalue weighted by molar-refractivity contribution is 6.05. The first-order valence-corrected chi connectivity index (χ1v) is 8.74. The van der Waals surface area contributed by atoms with E-state index in [0.29, 0.717) is 16.7 Å². The second-order valence-corrected chi connectivity index (χ2v) is 6.65. The van der Waals surface area contributed by atoms with Crippen LogP contribution in [0.25, 0.3) is 22.1 Å². The lowest BCUT2D eigenvalue weighted by atomic mass is 10.1. The van der Waals surface area contributed by atoms with Gasteiger partial charge in [0, 0.05) is 11.1 Å². The summed E-state index contributed by atoms with van der Waals surface area (Å²) < 4.78 is 5.25. The molecule has 0 radical (unpaired) electrons. The number of hydrogen-bond acceptors (Lipinski definition) is 3. The van der Waals surface area contributed by atoms with Gasteiger partial charge in [-0.3, -0.25) is 4.79 Å². The lowest BCUT2D eigenvalue weighted by molar-refractivity contribution is 0.102. The van der Waals surface area contributed by atoms with Crippen molar-refractivity contribution in [1.29, 1.82) is 0 Å². The maximum absolute atomic E-state index is 12.6. The molecule has 0 unspecified atom stereocenters. The number of nitrogens with one attached hydrogen (secondary N) is 1. The average molecular weight is 353 g/mol. The van der Waals surface area contributed by atoms with Crippen LogP contribution in [-0.2, 0) is 6.42 Å². The molecule has 0 saturated heterocycles. The fourth-order valence-corrected chi connectivity index (χ4v) is 3.64. The molecule has 0 saturated carbocycles. The van der Waals surface area contributed by atoms with Gasteiger partial charge in [-0.25, -0.2) is 4.79 Å². The van der Waals surface area contributed by atoms with Crippen LogP contribution >= 0.6 is 0 Å². The van der Waals surface area contributed by atoms with E-state index in [4.69, 9.17) is 4.42 Å². The third-order valence-electron chi connectivity index (χ3n) is 4.94. The molecular weight excluding hydrogens is 338 g/mol. The topological polar surface area (TPSA) is 59.3 Å². The van der Waals surface area contributed by atoms with Gasteiger partial charge in [-0.05, 0) is 52.9 Å². The van der Waals surface area contributed by atoms with E-state index in [0.717, 1.165) is 6.42 Å². The largest absolute Gasteiger partial charge is 0.422 e. The predicted octanol–water partition coefficient (Wildman–Crippen LogP) is 4.62. The van der Waals surface area contributed by atoms with Crippen molar-refractivity contribution in [3.63, 3.8) is 0 Å². The van der Waals surface area contributed by atoms with Crippen molar-refractivity contribution in [1.82, 2.24) is 0 Å². The van der Waals surface area contributed by atoms with Crippen molar-refractivity contribution in [2.24, 2.45) is 0 Å². The van der Waals surface area contributed by atoms with Gasteiger partial charge < -0.3 is 9.73 Å². The molecule has 1 amide bonds. The van der Waals surface area contributed by atoms with E-state index in [1.807, 2.05) is 42.5 Å². The number of anilines is 1. The maximum atomic E-state index is 12.6. The van der Waals surface area contributed by atoms with Crippen LogP contribution in [-0.4, -0.2) is 5.91 Å². The lowest BCUT2D eigenvalue weighted by Crippen LogP contribution is -2.20. The minimum Gasteiger partial charge on any atom is -0.422 e. The summed E-state index contributed by atoms with van der Waals surface area (Å²) in [7, 11) is 0. The molecule has 1 aliphatic carbocycles. The highest BCUT2D eigenvalue weighted by atomic mass is 16.4. The van der Waals surface area contributed by atoms with Gasteiger partial charge in [0.1, 0.15) is 11.1 Å². The summed E-state index contributed by atoms with van der Waals surface area (Å²) in [4.78, 5) is 24.8. The highest BCUT2D eigenvalue weighted by Crippen LogP contribution is 2.37. The van der Waals surface area contributed by atoms with Crippen LogP contribution in [0.15, 0.2) is 82.0 Å². The first-order valence-electron chi connectivity index (χ1n) is 8.74. The summed E-state index contributed by atoms with van der Waals surface area (Å²) in [5.41, 5.74) is 5.37. The van der Waals surface area contributed by atoms with E-state index in [1.165, 1.54) is 22.3 Å². The third-order valence-corrected chi connectivity index (χ3v) is 4.94. The van der Waals surface area contributed by atoms with Crippen molar-refractivity contribution >= 4 is 22.6 Å². The van der Waals surface area contributed by atoms with Gasteiger partial charge in [0.2, 0.25) is 0 Å². The number of rotatable bonds is 2. The molecule has 1 heterocycles. The minimum absolute atomic E-state index is 0.00233. The Hall–Kier alpha value is -3.66. The number of fused-ring (bicyclic) bond motifs is 4. The van der Waals surface area contributed by atoms with Crippen LogP contribution in [0.1, 0.15) is 21.5 Å². The van der Waals surface area contributed by atoms with Crippen molar-refractivity contribution in [3.8, 4) is 11.1 Å². The molecule has 0 aliphatic heterocycles. The molecule has 27 heavy (non-hydrogen) atoms. The Morgan fingerprint density at radius 3 is 2.56 bits per heavy atom. The number of para-hydroxylation sites is 1. The Kier molecular flexibility index (Phi) is 3.44. The monoisotopic (exact) mass is 353 g/mol. The van der Waals surface area contributed by atoms with Gasteiger partial charge >= 0.3 is 5.63 Å². The minimum atomic E-state index is -0.639. The van der Waals surface area contributed by atoms with Gasteiger partial charge in [-0.1, -0.05) is 48.5 Å². The molecule has 4 heteroatoms. The molecule has 1 aliphatic rings. The standard InChI is InChI=1S/C23H15NO3/c25-22(20-13-15-6-2-4-8-21(15)27-23(20)26)24-17-9-10-19-16(12-17)11-14-5-1-3-7-18(14)19/h1-10,12-13H,11H2,(H,24,25). The Labute approximate surface area is 155 Å². The first kappa shape index (κ1) is 15.6. The van der Waals surface area contributed by atoms with Gasteiger partial charge in [0.25, 0.3) is 5.91 Å². The highest BCUT2D eigenvalue weighted by Gasteiger charge is 2.19. The van der Waals surface area contributed by atoms with Crippen molar-refractivity contribution < 1.29 is 9.21 Å². The normalized spacial score (nSPS) is 11.9. The van der Waals surface area contributed by atoms with Crippen LogP contribution in [0.4, 0.5) is 5.69 Å². The molecule has 4 aromatic rings. The summed E-state index contributed by atoms with van der Waals surface area (Å²) >= 11 is 0. The van der Waals surface area contributed by atoms with E-state index >= 15 is 0 Å². The molecule has 0 fully saturated rings. The lowest BCUT2D eigenvalue weighted by Gasteiger charge is -2.08. The van der Waals surface area contributed by atoms with Crippen LogP contribution in [0.2, 0.25) is 0 Å². The number of benzene rings is 3. The average Bonchev–Trinajstić information content (AvgIpc) is 3.05. The summed E-state index contributed by atoms with van der Waals surface area (Å²) in [5.74, 6) is -0.468. The molecule has 5 rings (SSSR count). The molecule has 3 aromatic carbocycles. The zero-order chi connectivity index (χ0) is 18.4. The second kappa shape index (κ2) is 5.95. The molecular formula is C23H15NO3. The van der Waals surface area contributed by atoms with Crippen molar-refractivity contribution in [3.05, 3.63) is 99.9 Å². The number of hydrogen-bond donors (Lipinski definition) is 1. The molecule has 4 nitrogen and oxygen atoms in total. The van der Waals surface area contributed by atoms with E-state index in [-0.39, 0.29) is 5.56 Å². The smallest absolute Gasteiger partial charge is 0.349 e. The van der Waals surface area contributed by atoms with E-state index < -0.39 is 11.5 Å². The Morgan fingerprint density at radius 2 is 1.63 bits per heavy atom. The van der Waals surface area contributed by atoms with Crippen molar-refractivity contribution in [2.75, 3.05) is 5.32 Å². The SMILES string of the molecule is O=C(Nc1ccc2c(c1)Cc1ccccc1-2)c1cc2ccccc2oc1=O. The predicted molar refractivity (Wildman–Crippen MR) is 105 cm³/mol. The van der Waals surface area contributed by atoms with Gasteiger partial charge in [-0.15, -0.1) is 0 Å². The Bertz CT molecular complexity index is 1270. The Balaban J connectivity index is 1.46. The van der Waals surface area contributed by atoms with E-state index in [9.17, 15) is 9.59 Å². The fraction of sp³-hybridized carbons (Fsp3) is 0.0435. The van der Waals surface area contributed by atoms with E-state index in [1.54, 1.807) is 18.2 Å². The molecule has 1 N–H and O–H groups in total. The van der Waals surface area contributed by atoms with Gasteiger partial charge in [-0.2, -0.15) is 0 Å². The zero-order valence-electron chi connectivity index (χ0n) is 14.4. The van der Waals surface area contributed by atoms with Gasteiger partial charge in [0.05, 0.1) is 0 Å². The third kappa shape index (κ3) is 2.62. The molecule has 0 atom stereocenters. The number of carbonyl (C=O) groups is 1. The maximum Gasteiger partial charge on any atom is 0.349 e. The van der Waals surface area contributed by atoms with Gasteiger partial charge in [0.15, 0.2) is 0 Å². The van der Waals surface area contributed by atoms with Crippen molar-refractivity contribution in [2.45, 2.75) is 6.42 Å².